The molecule has 0 bridgehead atoms. The standard InChI is InChI=1S/C8H16N2O2/c1-7(5-9)6-10-3-2-4-12-8(10)11/h7H,2-6,9H2,1H3. The fraction of sp³-hybridized carbons (Fsp3) is 0.875. The zero-order chi connectivity index (χ0) is 8.97. The number of carbonyl (C=O) groups is 1. The first-order valence-electron chi connectivity index (χ1n) is 4.36. The summed E-state index contributed by atoms with van der Waals surface area (Å²) in [5.41, 5.74) is 5.46. The third-order valence-electron chi connectivity index (χ3n) is 1.99. The largest absolute Gasteiger partial charge is 0.449 e. The monoisotopic (exact) mass is 172 g/mol. The molecule has 4 heteroatoms. The van der Waals surface area contributed by atoms with Crippen LogP contribution in [0.4, 0.5) is 4.79 Å². The second-order valence-corrected chi connectivity index (χ2v) is 3.25. The van der Waals surface area contributed by atoms with Crippen LogP contribution >= 0.6 is 0 Å². The highest BCUT2D eigenvalue weighted by atomic mass is 16.6. The first kappa shape index (κ1) is 9.32. The van der Waals surface area contributed by atoms with Crippen molar-refractivity contribution in [1.82, 2.24) is 4.90 Å². The Labute approximate surface area is 72.7 Å². The quantitative estimate of drug-likeness (QED) is 0.671. The molecular formula is C8H16N2O2. The van der Waals surface area contributed by atoms with E-state index < -0.39 is 0 Å². The van der Waals surface area contributed by atoms with Crippen LogP contribution in [0, 0.1) is 5.92 Å². The van der Waals surface area contributed by atoms with E-state index in [-0.39, 0.29) is 6.09 Å². The fourth-order valence-corrected chi connectivity index (χ4v) is 1.21. The van der Waals surface area contributed by atoms with Gasteiger partial charge in [-0.05, 0) is 18.9 Å². The Hall–Kier alpha value is -0.770. The van der Waals surface area contributed by atoms with Crippen LogP contribution < -0.4 is 5.73 Å². The number of amides is 1. The molecule has 0 aromatic rings. The van der Waals surface area contributed by atoms with Crippen molar-refractivity contribution >= 4 is 6.09 Å². The summed E-state index contributed by atoms with van der Waals surface area (Å²) in [5, 5.41) is 0. The van der Waals surface area contributed by atoms with Gasteiger partial charge in [0.05, 0.1) is 6.61 Å². The molecule has 1 saturated heterocycles. The van der Waals surface area contributed by atoms with Gasteiger partial charge in [-0.15, -0.1) is 0 Å². The van der Waals surface area contributed by atoms with Gasteiger partial charge in [-0.25, -0.2) is 4.79 Å². The molecule has 1 amide bonds. The molecule has 1 unspecified atom stereocenters. The number of hydrogen-bond acceptors (Lipinski definition) is 3. The van der Waals surface area contributed by atoms with Gasteiger partial charge in [0.25, 0.3) is 0 Å². The maximum atomic E-state index is 11.1. The molecule has 0 saturated carbocycles. The third kappa shape index (κ3) is 2.37. The predicted molar refractivity (Wildman–Crippen MR) is 45.8 cm³/mol. The highest BCUT2D eigenvalue weighted by Crippen LogP contribution is 2.07. The molecule has 1 heterocycles. The predicted octanol–water partition coefficient (Wildman–Crippen LogP) is 0.424. The van der Waals surface area contributed by atoms with Gasteiger partial charge in [0.2, 0.25) is 0 Å². The first-order valence-corrected chi connectivity index (χ1v) is 4.36. The normalized spacial score (nSPS) is 20.5. The van der Waals surface area contributed by atoms with Gasteiger partial charge in [-0.1, -0.05) is 6.92 Å². The second kappa shape index (κ2) is 4.30. The van der Waals surface area contributed by atoms with Crippen molar-refractivity contribution in [2.45, 2.75) is 13.3 Å². The number of nitrogens with two attached hydrogens (primary N) is 1. The molecule has 1 rings (SSSR count). The molecule has 1 fully saturated rings. The number of hydrogen-bond donors (Lipinski definition) is 1. The Bertz CT molecular complexity index is 161. The molecule has 0 radical (unpaired) electrons. The Morgan fingerprint density at radius 3 is 3.08 bits per heavy atom. The first-order chi connectivity index (χ1) is 5.74. The highest BCUT2D eigenvalue weighted by Gasteiger charge is 2.20. The van der Waals surface area contributed by atoms with Gasteiger partial charge >= 0.3 is 6.09 Å². The van der Waals surface area contributed by atoms with Crippen molar-refractivity contribution in [3.63, 3.8) is 0 Å². The number of cyclic esters (lactones) is 1. The van der Waals surface area contributed by atoms with Crippen LogP contribution in [0.5, 0.6) is 0 Å². The highest BCUT2D eigenvalue weighted by molar-refractivity contribution is 5.68. The Morgan fingerprint density at radius 2 is 2.50 bits per heavy atom. The number of ether oxygens (including phenoxy) is 1. The van der Waals surface area contributed by atoms with Crippen molar-refractivity contribution in [2.75, 3.05) is 26.2 Å². The van der Waals surface area contributed by atoms with Gasteiger partial charge in [0.1, 0.15) is 0 Å². The Balaban J connectivity index is 2.34. The minimum Gasteiger partial charge on any atom is -0.449 e. The number of carbonyl (C=O) groups excluding carboxylic acids is 1. The zero-order valence-electron chi connectivity index (χ0n) is 7.45. The van der Waals surface area contributed by atoms with E-state index in [0.717, 1.165) is 19.5 Å². The molecule has 1 aliphatic rings. The smallest absolute Gasteiger partial charge is 0.409 e. The molecule has 12 heavy (non-hydrogen) atoms. The molecule has 2 N–H and O–H groups in total. The van der Waals surface area contributed by atoms with Gasteiger partial charge in [-0.2, -0.15) is 0 Å². The lowest BCUT2D eigenvalue weighted by Crippen LogP contribution is -2.41. The van der Waals surface area contributed by atoms with Crippen LogP contribution in [0.2, 0.25) is 0 Å². The maximum Gasteiger partial charge on any atom is 0.409 e. The van der Waals surface area contributed by atoms with Gasteiger partial charge in [0.15, 0.2) is 0 Å². The van der Waals surface area contributed by atoms with Crippen LogP contribution in [0.15, 0.2) is 0 Å². The van der Waals surface area contributed by atoms with Gasteiger partial charge < -0.3 is 15.4 Å². The number of nitrogens with zero attached hydrogens (tertiary/aromatic N) is 1. The molecule has 4 nitrogen and oxygen atoms in total. The molecule has 0 spiro atoms. The summed E-state index contributed by atoms with van der Waals surface area (Å²) in [6.45, 7) is 4.73. The third-order valence-corrected chi connectivity index (χ3v) is 1.99. The summed E-state index contributed by atoms with van der Waals surface area (Å²) in [7, 11) is 0. The van der Waals surface area contributed by atoms with Crippen molar-refractivity contribution in [2.24, 2.45) is 11.7 Å². The maximum absolute atomic E-state index is 11.1. The van der Waals surface area contributed by atoms with E-state index in [1.165, 1.54) is 0 Å². The summed E-state index contributed by atoms with van der Waals surface area (Å²) in [6.07, 6.45) is 0.741. The lowest BCUT2D eigenvalue weighted by Gasteiger charge is -2.28. The van der Waals surface area contributed by atoms with E-state index in [1.54, 1.807) is 4.90 Å². The van der Waals surface area contributed by atoms with Crippen LogP contribution in [0.25, 0.3) is 0 Å². The zero-order valence-corrected chi connectivity index (χ0v) is 7.45. The lowest BCUT2D eigenvalue weighted by atomic mass is 10.1. The van der Waals surface area contributed by atoms with Crippen molar-refractivity contribution in [3.8, 4) is 0 Å². The Kier molecular flexibility index (Phi) is 3.34. The number of rotatable bonds is 3. The van der Waals surface area contributed by atoms with Gasteiger partial charge in [-0.3, -0.25) is 0 Å². The summed E-state index contributed by atoms with van der Waals surface area (Å²) in [4.78, 5) is 12.8. The van der Waals surface area contributed by atoms with Crippen LogP contribution in [-0.2, 0) is 4.74 Å². The van der Waals surface area contributed by atoms with Crippen molar-refractivity contribution in [1.29, 1.82) is 0 Å². The van der Waals surface area contributed by atoms with Gasteiger partial charge in [0, 0.05) is 13.1 Å². The minimum absolute atomic E-state index is 0.193. The van der Waals surface area contributed by atoms with Crippen LogP contribution in [0.3, 0.4) is 0 Å². The molecule has 1 aliphatic heterocycles. The van der Waals surface area contributed by atoms with E-state index in [0.29, 0.717) is 19.1 Å². The second-order valence-electron chi connectivity index (χ2n) is 3.25. The van der Waals surface area contributed by atoms with E-state index in [4.69, 9.17) is 10.5 Å². The van der Waals surface area contributed by atoms with E-state index in [9.17, 15) is 4.79 Å². The summed E-state index contributed by atoms with van der Waals surface area (Å²) >= 11 is 0. The summed E-state index contributed by atoms with van der Waals surface area (Å²) in [5.74, 6) is 0.357. The molecule has 1 atom stereocenters. The SMILES string of the molecule is CC(CN)CN1CCCOC1=O. The van der Waals surface area contributed by atoms with Crippen LogP contribution in [0.1, 0.15) is 13.3 Å². The molecule has 0 aliphatic carbocycles. The van der Waals surface area contributed by atoms with E-state index in [1.807, 2.05) is 6.92 Å². The van der Waals surface area contributed by atoms with Crippen molar-refractivity contribution in [3.05, 3.63) is 0 Å². The average molecular weight is 172 g/mol. The Morgan fingerprint density at radius 1 is 1.75 bits per heavy atom. The van der Waals surface area contributed by atoms with Crippen LogP contribution in [-0.4, -0.2) is 37.2 Å². The molecule has 0 aromatic carbocycles. The molecule has 70 valence electrons. The minimum atomic E-state index is -0.193. The van der Waals surface area contributed by atoms with E-state index in [2.05, 4.69) is 0 Å². The van der Waals surface area contributed by atoms with E-state index >= 15 is 0 Å². The fourth-order valence-electron chi connectivity index (χ4n) is 1.21. The topological polar surface area (TPSA) is 55.6 Å². The summed E-state index contributed by atoms with van der Waals surface area (Å²) in [6, 6.07) is 0. The lowest BCUT2D eigenvalue weighted by molar-refractivity contribution is 0.0679. The van der Waals surface area contributed by atoms with Crippen molar-refractivity contribution < 1.29 is 9.53 Å². The molecule has 0 aromatic heterocycles. The summed E-state index contributed by atoms with van der Waals surface area (Å²) < 4.78 is 4.88. The molecular weight excluding hydrogens is 156 g/mol. The average Bonchev–Trinajstić information content (AvgIpc) is 2.09.